The minimum absolute atomic E-state index is 0.00273. The Hall–Kier alpha value is -2.94. The van der Waals surface area contributed by atoms with E-state index >= 15 is 0 Å². The third kappa shape index (κ3) is 3.65. The number of phenols is 1. The van der Waals surface area contributed by atoms with Crippen LogP contribution in [0.1, 0.15) is 22.8 Å². The molecule has 156 valence electrons. The molecule has 3 aromatic rings. The lowest BCUT2D eigenvalue weighted by atomic mass is 9.95. The van der Waals surface area contributed by atoms with Gasteiger partial charge in [-0.05, 0) is 47.9 Å². The Balaban J connectivity index is 1.78. The number of ether oxygens (including phenoxy) is 1. The average Bonchev–Trinajstić information content (AvgIpc) is 2.76. The van der Waals surface area contributed by atoms with Gasteiger partial charge in [-0.1, -0.05) is 24.3 Å². The largest absolute Gasteiger partial charge is 0.504 e. The van der Waals surface area contributed by atoms with Gasteiger partial charge in [0.15, 0.2) is 11.5 Å². The fourth-order valence-electron chi connectivity index (χ4n) is 3.80. The zero-order valence-corrected chi connectivity index (χ0v) is 17.2. The van der Waals surface area contributed by atoms with Crippen molar-refractivity contribution in [3.8, 4) is 11.5 Å². The number of benzene rings is 2. The molecule has 0 saturated heterocycles. The van der Waals surface area contributed by atoms with E-state index in [1.165, 1.54) is 23.5 Å². The highest BCUT2D eigenvalue weighted by atomic mass is 32.2. The van der Waals surface area contributed by atoms with Gasteiger partial charge in [0.05, 0.1) is 24.2 Å². The number of aliphatic hydroxyl groups excluding tert-OH is 1. The van der Waals surface area contributed by atoms with Crippen molar-refractivity contribution in [3.05, 3.63) is 83.7 Å². The average molecular weight is 426 g/mol. The second kappa shape index (κ2) is 8.06. The topological polar surface area (TPSA) is 100.0 Å². The fraction of sp³-hybridized carbons (Fsp3) is 0.227. The van der Waals surface area contributed by atoms with E-state index in [1.807, 2.05) is 0 Å². The number of fused-ring (bicyclic) bond motifs is 1. The molecule has 4 rings (SSSR count). The Bertz CT molecular complexity index is 1150. The van der Waals surface area contributed by atoms with Crippen LogP contribution in [0.15, 0.2) is 71.9 Å². The van der Waals surface area contributed by atoms with E-state index in [0.717, 1.165) is 11.1 Å². The molecule has 0 aliphatic carbocycles. The zero-order valence-electron chi connectivity index (χ0n) is 16.3. The third-order valence-electron chi connectivity index (χ3n) is 5.34. The van der Waals surface area contributed by atoms with Crippen molar-refractivity contribution in [1.82, 2.24) is 9.29 Å². The molecular formula is C22H22N2O5S. The van der Waals surface area contributed by atoms with Crippen LogP contribution in [-0.2, 0) is 23.0 Å². The molecule has 7 nitrogen and oxygen atoms in total. The Kier molecular flexibility index (Phi) is 5.46. The molecule has 0 bridgehead atoms. The monoisotopic (exact) mass is 426 g/mol. The lowest BCUT2D eigenvalue weighted by molar-refractivity contribution is 0.0769. The molecule has 2 heterocycles. The quantitative estimate of drug-likeness (QED) is 0.651. The first-order chi connectivity index (χ1) is 14.4. The standard InChI is InChI=1S/C22H22N2O5S/c1-29-20-13-16(6-7-19(20)25)12-18-22(26)17-4-2-3-5-21(17)30(27,28)24(18)14-15-8-10-23-11-9-15/h2-11,13,18,22,25-26H,12,14H2,1H3/t18-,22+/m1/s1. The molecule has 2 aromatic carbocycles. The zero-order chi connectivity index (χ0) is 21.3. The van der Waals surface area contributed by atoms with Gasteiger partial charge in [-0.3, -0.25) is 4.98 Å². The molecule has 0 unspecified atom stereocenters. The molecular weight excluding hydrogens is 404 g/mol. The number of nitrogens with zero attached hydrogens (tertiary/aromatic N) is 2. The lowest BCUT2D eigenvalue weighted by Crippen LogP contribution is -2.48. The van der Waals surface area contributed by atoms with Gasteiger partial charge in [-0.25, -0.2) is 8.42 Å². The van der Waals surface area contributed by atoms with Crippen molar-refractivity contribution in [2.45, 2.75) is 30.0 Å². The van der Waals surface area contributed by atoms with E-state index in [9.17, 15) is 18.6 Å². The Morgan fingerprint density at radius 3 is 2.53 bits per heavy atom. The van der Waals surface area contributed by atoms with Gasteiger partial charge in [0.1, 0.15) is 0 Å². The Labute approximate surface area is 175 Å². The maximum Gasteiger partial charge on any atom is 0.244 e. The lowest BCUT2D eigenvalue weighted by Gasteiger charge is -2.39. The first-order valence-corrected chi connectivity index (χ1v) is 10.9. The number of aromatic hydroxyl groups is 1. The van der Waals surface area contributed by atoms with Crippen molar-refractivity contribution >= 4 is 10.0 Å². The summed E-state index contributed by atoms with van der Waals surface area (Å²) in [4.78, 5) is 4.10. The molecule has 2 atom stereocenters. The van der Waals surface area contributed by atoms with Crippen LogP contribution in [0.5, 0.6) is 11.5 Å². The second-order valence-corrected chi connectivity index (χ2v) is 9.03. The van der Waals surface area contributed by atoms with E-state index in [1.54, 1.807) is 54.9 Å². The van der Waals surface area contributed by atoms with E-state index in [0.29, 0.717) is 11.3 Å². The van der Waals surface area contributed by atoms with Gasteiger partial charge in [-0.15, -0.1) is 0 Å². The van der Waals surface area contributed by atoms with Crippen LogP contribution in [-0.4, -0.2) is 41.1 Å². The molecule has 1 aliphatic heterocycles. The number of aromatic nitrogens is 1. The van der Waals surface area contributed by atoms with Gasteiger partial charge >= 0.3 is 0 Å². The molecule has 1 aliphatic rings. The van der Waals surface area contributed by atoms with Crippen molar-refractivity contribution in [3.63, 3.8) is 0 Å². The van der Waals surface area contributed by atoms with E-state index in [-0.39, 0.29) is 23.6 Å². The van der Waals surface area contributed by atoms with Gasteiger partial charge in [0.2, 0.25) is 10.0 Å². The van der Waals surface area contributed by atoms with Crippen LogP contribution in [0.25, 0.3) is 0 Å². The summed E-state index contributed by atoms with van der Waals surface area (Å²) in [5.74, 6) is 0.291. The van der Waals surface area contributed by atoms with Gasteiger partial charge in [-0.2, -0.15) is 4.31 Å². The van der Waals surface area contributed by atoms with E-state index in [2.05, 4.69) is 4.98 Å². The van der Waals surface area contributed by atoms with E-state index < -0.39 is 22.2 Å². The summed E-state index contributed by atoms with van der Waals surface area (Å²) >= 11 is 0. The summed E-state index contributed by atoms with van der Waals surface area (Å²) in [6, 6.07) is 14.2. The van der Waals surface area contributed by atoms with Crippen molar-refractivity contribution < 1.29 is 23.4 Å². The van der Waals surface area contributed by atoms with Gasteiger partial charge in [0, 0.05) is 24.5 Å². The molecule has 30 heavy (non-hydrogen) atoms. The maximum absolute atomic E-state index is 13.5. The van der Waals surface area contributed by atoms with Crippen LogP contribution in [0.3, 0.4) is 0 Å². The number of phenolic OH excluding ortho intramolecular Hbond substituents is 1. The third-order valence-corrected chi connectivity index (χ3v) is 7.28. The normalized spacial score (nSPS) is 20.5. The summed E-state index contributed by atoms with van der Waals surface area (Å²) in [7, 11) is -2.39. The molecule has 8 heteroatoms. The molecule has 0 spiro atoms. The Morgan fingerprint density at radius 1 is 1.07 bits per heavy atom. The molecule has 0 fully saturated rings. The number of methoxy groups -OCH3 is 1. The summed E-state index contributed by atoms with van der Waals surface area (Å²) in [6.45, 7) is 0.107. The number of aliphatic hydroxyl groups is 1. The number of pyridine rings is 1. The summed E-state index contributed by atoms with van der Waals surface area (Å²) in [6.07, 6.45) is 2.45. The minimum atomic E-state index is -3.83. The number of sulfonamides is 1. The first-order valence-electron chi connectivity index (χ1n) is 9.45. The molecule has 0 amide bonds. The fourth-order valence-corrected chi connectivity index (χ4v) is 5.66. The maximum atomic E-state index is 13.5. The number of hydrogen-bond acceptors (Lipinski definition) is 6. The van der Waals surface area contributed by atoms with Crippen molar-refractivity contribution in [1.29, 1.82) is 0 Å². The van der Waals surface area contributed by atoms with Gasteiger partial charge in [0.25, 0.3) is 0 Å². The summed E-state index contributed by atoms with van der Waals surface area (Å²) in [5, 5.41) is 21.0. The predicted molar refractivity (Wildman–Crippen MR) is 111 cm³/mol. The van der Waals surface area contributed by atoms with E-state index in [4.69, 9.17) is 4.74 Å². The molecule has 0 radical (unpaired) electrons. The van der Waals surface area contributed by atoms with Crippen LogP contribution in [0.2, 0.25) is 0 Å². The second-order valence-electron chi connectivity index (χ2n) is 7.17. The van der Waals surface area contributed by atoms with Crippen LogP contribution >= 0.6 is 0 Å². The summed E-state index contributed by atoms with van der Waals surface area (Å²) < 4.78 is 33.4. The number of rotatable bonds is 5. The number of hydrogen-bond donors (Lipinski definition) is 2. The predicted octanol–water partition coefficient (Wildman–Crippen LogP) is 2.65. The minimum Gasteiger partial charge on any atom is -0.504 e. The van der Waals surface area contributed by atoms with Crippen LogP contribution in [0.4, 0.5) is 0 Å². The highest BCUT2D eigenvalue weighted by Crippen LogP contribution is 2.39. The molecule has 2 N–H and O–H groups in total. The van der Waals surface area contributed by atoms with Gasteiger partial charge < -0.3 is 14.9 Å². The molecule has 1 aromatic heterocycles. The smallest absolute Gasteiger partial charge is 0.244 e. The highest BCUT2D eigenvalue weighted by molar-refractivity contribution is 7.89. The van der Waals surface area contributed by atoms with Crippen molar-refractivity contribution in [2.24, 2.45) is 0 Å². The SMILES string of the molecule is COc1cc(C[C@@H]2[C@@H](O)c3ccccc3S(=O)(=O)N2Cc2ccncc2)ccc1O. The Morgan fingerprint density at radius 2 is 1.80 bits per heavy atom. The molecule has 0 saturated carbocycles. The summed E-state index contributed by atoms with van der Waals surface area (Å²) in [5.41, 5.74) is 1.90. The van der Waals surface area contributed by atoms with Crippen LogP contribution in [0, 0.1) is 0 Å². The highest BCUT2D eigenvalue weighted by Gasteiger charge is 2.43. The first kappa shape index (κ1) is 20.3. The van der Waals surface area contributed by atoms with Crippen molar-refractivity contribution in [2.75, 3.05) is 7.11 Å². The van der Waals surface area contributed by atoms with Crippen LogP contribution < -0.4 is 4.74 Å².